The van der Waals surface area contributed by atoms with E-state index < -0.39 is 0 Å². The van der Waals surface area contributed by atoms with Crippen LogP contribution in [0.5, 0.6) is 5.75 Å². The number of hydrogen-bond acceptors (Lipinski definition) is 3. The summed E-state index contributed by atoms with van der Waals surface area (Å²) >= 11 is 0. The molecule has 102 valence electrons. The zero-order valence-corrected chi connectivity index (χ0v) is 11.4. The van der Waals surface area contributed by atoms with Crippen molar-refractivity contribution in [1.82, 2.24) is 0 Å². The van der Waals surface area contributed by atoms with E-state index in [1.54, 1.807) is 7.11 Å². The number of hydrogen-bond donors (Lipinski definition) is 2. The second-order valence-corrected chi connectivity index (χ2v) is 4.79. The molecule has 2 aromatic carbocycles. The summed E-state index contributed by atoms with van der Waals surface area (Å²) < 4.78 is 5.40. The molecular weight excluding hydrogens is 236 g/mol. The van der Waals surface area contributed by atoms with Crippen LogP contribution >= 0.6 is 0 Å². The van der Waals surface area contributed by atoms with Crippen LogP contribution in [0.25, 0.3) is 10.8 Å². The van der Waals surface area contributed by atoms with E-state index in [-0.39, 0.29) is 6.04 Å². The van der Waals surface area contributed by atoms with Gasteiger partial charge in [-0.2, -0.15) is 0 Å². The van der Waals surface area contributed by atoms with Gasteiger partial charge in [0.05, 0.1) is 7.11 Å². The molecule has 1 atom stereocenters. The molecule has 2 rings (SSSR count). The molecule has 0 aliphatic heterocycles. The number of rotatable bonds is 6. The minimum absolute atomic E-state index is 0.0577. The van der Waals surface area contributed by atoms with Crippen LogP contribution in [0.15, 0.2) is 36.4 Å². The molecule has 3 heteroatoms. The first-order valence-electron chi connectivity index (χ1n) is 6.79. The Morgan fingerprint density at radius 3 is 2.47 bits per heavy atom. The molecule has 0 radical (unpaired) electrons. The summed E-state index contributed by atoms with van der Waals surface area (Å²) in [6.45, 7) is 0.732. The van der Waals surface area contributed by atoms with Crippen molar-refractivity contribution in [3.8, 4) is 5.75 Å². The SMILES string of the molecule is COc1ccc([C@@H](N)CCCCN)c2ccccc12. The fraction of sp³-hybridized carbons (Fsp3) is 0.375. The summed E-state index contributed by atoms with van der Waals surface area (Å²) in [5, 5.41) is 2.30. The Labute approximate surface area is 114 Å². The molecule has 2 aromatic rings. The van der Waals surface area contributed by atoms with Gasteiger partial charge in [0, 0.05) is 11.4 Å². The molecule has 0 heterocycles. The van der Waals surface area contributed by atoms with E-state index in [4.69, 9.17) is 16.2 Å². The standard InChI is InChI=1S/C16H22N2O/c1-19-16-10-9-13(15(18)8-4-5-11-17)12-6-2-3-7-14(12)16/h2-3,6-7,9-10,15H,4-5,8,11,17-18H2,1H3/t15-/m0/s1. The fourth-order valence-corrected chi connectivity index (χ4v) is 2.46. The topological polar surface area (TPSA) is 61.3 Å². The molecule has 4 N–H and O–H groups in total. The zero-order chi connectivity index (χ0) is 13.7. The molecule has 0 saturated carbocycles. The number of unbranched alkanes of at least 4 members (excludes halogenated alkanes) is 1. The molecular formula is C16H22N2O. The molecule has 0 spiro atoms. The van der Waals surface area contributed by atoms with Crippen molar-refractivity contribution in [1.29, 1.82) is 0 Å². The number of nitrogens with two attached hydrogens (primary N) is 2. The van der Waals surface area contributed by atoms with E-state index in [1.807, 2.05) is 18.2 Å². The normalized spacial score (nSPS) is 12.6. The highest BCUT2D eigenvalue weighted by Crippen LogP contribution is 2.32. The summed E-state index contributed by atoms with van der Waals surface area (Å²) in [5.74, 6) is 0.897. The van der Waals surface area contributed by atoms with Gasteiger partial charge in [-0.05, 0) is 36.4 Å². The average Bonchev–Trinajstić information content (AvgIpc) is 2.46. The Morgan fingerprint density at radius 2 is 1.79 bits per heavy atom. The molecule has 0 fully saturated rings. The first-order chi connectivity index (χ1) is 9.27. The third-order valence-corrected chi connectivity index (χ3v) is 3.51. The molecule has 0 aromatic heterocycles. The first-order valence-corrected chi connectivity index (χ1v) is 6.79. The van der Waals surface area contributed by atoms with Crippen LogP contribution in [-0.4, -0.2) is 13.7 Å². The quantitative estimate of drug-likeness (QED) is 0.783. The van der Waals surface area contributed by atoms with E-state index in [9.17, 15) is 0 Å². The average molecular weight is 258 g/mol. The number of benzene rings is 2. The number of fused-ring (bicyclic) bond motifs is 1. The predicted molar refractivity (Wildman–Crippen MR) is 80.3 cm³/mol. The largest absolute Gasteiger partial charge is 0.496 e. The lowest BCUT2D eigenvalue weighted by Crippen LogP contribution is -2.11. The highest BCUT2D eigenvalue weighted by Gasteiger charge is 2.11. The number of ether oxygens (including phenoxy) is 1. The zero-order valence-electron chi connectivity index (χ0n) is 11.4. The van der Waals surface area contributed by atoms with Gasteiger partial charge in [0.1, 0.15) is 5.75 Å². The molecule has 0 saturated heterocycles. The van der Waals surface area contributed by atoms with Crippen molar-refractivity contribution in [3.05, 3.63) is 42.0 Å². The molecule has 0 unspecified atom stereocenters. The van der Waals surface area contributed by atoms with Gasteiger partial charge < -0.3 is 16.2 Å². The van der Waals surface area contributed by atoms with Crippen molar-refractivity contribution < 1.29 is 4.74 Å². The lowest BCUT2D eigenvalue weighted by molar-refractivity contribution is 0.419. The second kappa shape index (κ2) is 6.55. The maximum Gasteiger partial charge on any atom is 0.126 e. The highest BCUT2D eigenvalue weighted by molar-refractivity contribution is 5.91. The van der Waals surface area contributed by atoms with Crippen LogP contribution in [0.2, 0.25) is 0 Å². The highest BCUT2D eigenvalue weighted by atomic mass is 16.5. The summed E-state index contributed by atoms with van der Waals surface area (Å²) in [4.78, 5) is 0. The molecule has 3 nitrogen and oxygen atoms in total. The van der Waals surface area contributed by atoms with Gasteiger partial charge >= 0.3 is 0 Å². The van der Waals surface area contributed by atoms with Gasteiger partial charge in [-0.3, -0.25) is 0 Å². The molecule has 0 bridgehead atoms. The molecule has 0 aliphatic rings. The molecule has 0 aliphatic carbocycles. The van der Waals surface area contributed by atoms with Gasteiger partial charge in [0.15, 0.2) is 0 Å². The number of methoxy groups -OCH3 is 1. The van der Waals surface area contributed by atoms with Crippen molar-refractivity contribution in [2.45, 2.75) is 25.3 Å². The Bertz CT molecular complexity index is 539. The van der Waals surface area contributed by atoms with Crippen LogP contribution in [0.1, 0.15) is 30.9 Å². The molecule has 0 amide bonds. The minimum Gasteiger partial charge on any atom is -0.496 e. The Kier molecular flexibility index (Phi) is 4.77. The third kappa shape index (κ3) is 3.06. The van der Waals surface area contributed by atoms with E-state index in [0.717, 1.165) is 36.9 Å². The predicted octanol–water partition coefficient (Wildman–Crippen LogP) is 2.98. The van der Waals surface area contributed by atoms with Crippen LogP contribution in [0.3, 0.4) is 0 Å². The van der Waals surface area contributed by atoms with Gasteiger partial charge in [0.25, 0.3) is 0 Å². The van der Waals surface area contributed by atoms with Gasteiger partial charge in [0.2, 0.25) is 0 Å². The van der Waals surface area contributed by atoms with Crippen LogP contribution in [-0.2, 0) is 0 Å². The van der Waals surface area contributed by atoms with E-state index >= 15 is 0 Å². The maximum absolute atomic E-state index is 6.31. The first kappa shape index (κ1) is 13.8. The van der Waals surface area contributed by atoms with Crippen LogP contribution in [0, 0.1) is 0 Å². The van der Waals surface area contributed by atoms with E-state index in [0.29, 0.717) is 0 Å². The van der Waals surface area contributed by atoms with Crippen molar-refractivity contribution in [2.75, 3.05) is 13.7 Å². The Balaban J connectivity index is 2.33. The third-order valence-electron chi connectivity index (χ3n) is 3.51. The Hall–Kier alpha value is -1.58. The monoisotopic (exact) mass is 258 g/mol. The van der Waals surface area contributed by atoms with E-state index in [1.165, 1.54) is 10.9 Å². The molecule has 19 heavy (non-hydrogen) atoms. The van der Waals surface area contributed by atoms with Crippen molar-refractivity contribution in [3.63, 3.8) is 0 Å². The van der Waals surface area contributed by atoms with Crippen molar-refractivity contribution in [2.24, 2.45) is 11.5 Å². The second-order valence-electron chi connectivity index (χ2n) is 4.79. The summed E-state index contributed by atoms with van der Waals surface area (Å²) in [6, 6.07) is 12.4. The maximum atomic E-state index is 6.31. The van der Waals surface area contributed by atoms with Gasteiger partial charge in [-0.25, -0.2) is 0 Å². The van der Waals surface area contributed by atoms with Gasteiger partial charge in [-0.15, -0.1) is 0 Å². The van der Waals surface area contributed by atoms with Crippen LogP contribution in [0.4, 0.5) is 0 Å². The lowest BCUT2D eigenvalue weighted by atomic mass is 9.95. The smallest absolute Gasteiger partial charge is 0.126 e. The van der Waals surface area contributed by atoms with Crippen molar-refractivity contribution >= 4 is 10.8 Å². The van der Waals surface area contributed by atoms with Crippen LogP contribution < -0.4 is 16.2 Å². The van der Waals surface area contributed by atoms with E-state index in [2.05, 4.69) is 18.2 Å². The Morgan fingerprint density at radius 1 is 1.05 bits per heavy atom. The summed E-state index contributed by atoms with van der Waals surface area (Å²) in [5.41, 5.74) is 13.0. The van der Waals surface area contributed by atoms with Gasteiger partial charge in [-0.1, -0.05) is 36.8 Å². The minimum atomic E-state index is 0.0577. The fourth-order valence-electron chi connectivity index (χ4n) is 2.46. The summed E-state index contributed by atoms with van der Waals surface area (Å²) in [6.07, 6.45) is 3.06. The lowest BCUT2D eigenvalue weighted by Gasteiger charge is -2.16. The summed E-state index contributed by atoms with van der Waals surface area (Å²) in [7, 11) is 1.70.